The van der Waals surface area contributed by atoms with Crippen molar-refractivity contribution in [2.24, 2.45) is 0 Å². The van der Waals surface area contributed by atoms with E-state index in [1.54, 1.807) is 36.4 Å². The van der Waals surface area contributed by atoms with Crippen molar-refractivity contribution in [3.63, 3.8) is 0 Å². The van der Waals surface area contributed by atoms with Gasteiger partial charge in [0.05, 0.1) is 31.6 Å². The maximum atomic E-state index is 13.2. The van der Waals surface area contributed by atoms with Crippen LogP contribution in [0.25, 0.3) is 0 Å². The van der Waals surface area contributed by atoms with Crippen LogP contribution >= 0.6 is 0 Å². The molecule has 1 fully saturated rings. The van der Waals surface area contributed by atoms with Gasteiger partial charge in [0.15, 0.2) is 11.5 Å². The van der Waals surface area contributed by atoms with E-state index in [9.17, 15) is 9.59 Å². The molecule has 0 spiro atoms. The van der Waals surface area contributed by atoms with E-state index in [2.05, 4.69) is 10.6 Å². The molecule has 0 radical (unpaired) electrons. The van der Waals surface area contributed by atoms with Crippen LogP contribution in [0.15, 0.2) is 66.7 Å². The third-order valence-electron chi connectivity index (χ3n) is 5.88. The maximum Gasteiger partial charge on any atom is 0.255 e. The summed E-state index contributed by atoms with van der Waals surface area (Å²) in [6.45, 7) is 1.46. The third-order valence-corrected chi connectivity index (χ3v) is 5.88. The second-order valence-electron chi connectivity index (χ2n) is 8.33. The SMILES string of the molecule is COc1cc(C(=O)Nc2ccccc2C(=O)NCC2CCCO2)cc(OC)c1OCc1ccccc1. The quantitative estimate of drug-likeness (QED) is 0.436. The molecule has 1 aliphatic rings. The van der Waals surface area contributed by atoms with Crippen molar-refractivity contribution in [2.45, 2.75) is 25.6 Å². The van der Waals surface area contributed by atoms with Gasteiger partial charge in [-0.2, -0.15) is 0 Å². The van der Waals surface area contributed by atoms with Crippen molar-refractivity contribution in [3.8, 4) is 17.2 Å². The topological polar surface area (TPSA) is 95.1 Å². The van der Waals surface area contributed by atoms with Crippen molar-refractivity contribution in [1.82, 2.24) is 5.32 Å². The predicted octanol–water partition coefficient (Wildman–Crippen LogP) is 4.44. The summed E-state index contributed by atoms with van der Waals surface area (Å²) in [4.78, 5) is 26.0. The number of hydrogen-bond acceptors (Lipinski definition) is 6. The number of benzene rings is 3. The molecule has 1 unspecified atom stereocenters. The van der Waals surface area contributed by atoms with Gasteiger partial charge in [0.25, 0.3) is 11.8 Å². The molecule has 3 aromatic carbocycles. The lowest BCUT2D eigenvalue weighted by Gasteiger charge is -2.17. The highest BCUT2D eigenvalue weighted by Gasteiger charge is 2.21. The van der Waals surface area contributed by atoms with Gasteiger partial charge in [0.2, 0.25) is 5.75 Å². The zero-order chi connectivity index (χ0) is 25.3. The van der Waals surface area contributed by atoms with Gasteiger partial charge in [-0.3, -0.25) is 9.59 Å². The van der Waals surface area contributed by atoms with Crippen LogP contribution in [0.3, 0.4) is 0 Å². The third kappa shape index (κ3) is 6.14. The Morgan fingerprint density at radius 1 is 0.944 bits per heavy atom. The molecule has 1 atom stereocenters. The van der Waals surface area contributed by atoms with Crippen LogP contribution in [0, 0.1) is 0 Å². The van der Waals surface area contributed by atoms with E-state index < -0.39 is 5.91 Å². The molecule has 2 N–H and O–H groups in total. The number of anilines is 1. The largest absolute Gasteiger partial charge is 0.493 e. The van der Waals surface area contributed by atoms with Crippen LogP contribution in [0.4, 0.5) is 5.69 Å². The number of carbonyl (C=O) groups is 2. The van der Waals surface area contributed by atoms with Gasteiger partial charge in [-0.25, -0.2) is 0 Å². The summed E-state index contributed by atoms with van der Waals surface area (Å²) in [5.41, 5.74) is 2.04. The number of nitrogens with one attached hydrogen (secondary N) is 2. The molecule has 0 aromatic heterocycles. The van der Waals surface area contributed by atoms with E-state index in [0.717, 1.165) is 25.0 Å². The summed E-state index contributed by atoms with van der Waals surface area (Å²) in [6.07, 6.45) is 1.95. The summed E-state index contributed by atoms with van der Waals surface area (Å²) in [6, 6.07) is 19.7. The van der Waals surface area contributed by atoms with Crippen molar-refractivity contribution in [2.75, 3.05) is 32.7 Å². The van der Waals surface area contributed by atoms with E-state index in [0.29, 0.717) is 47.2 Å². The van der Waals surface area contributed by atoms with Crippen LogP contribution < -0.4 is 24.8 Å². The Morgan fingerprint density at radius 2 is 1.64 bits per heavy atom. The Kier molecular flexibility index (Phi) is 8.41. The molecule has 0 aliphatic carbocycles. The molecule has 8 heteroatoms. The monoisotopic (exact) mass is 490 g/mol. The lowest BCUT2D eigenvalue weighted by molar-refractivity contribution is 0.0858. The summed E-state index contributed by atoms with van der Waals surface area (Å²) in [7, 11) is 3.00. The van der Waals surface area contributed by atoms with Gasteiger partial charge < -0.3 is 29.6 Å². The zero-order valence-corrected chi connectivity index (χ0v) is 20.4. The fraction of sp³-hybridized carbons (Fsp3) is 0.286. The van der Waals surface area contributed by atoms with Crippen LogP contribution in [0.1, 0.15) is 39.1 Å². The summed E-state index contributed by atoms with van der Waals surface area (Å²) in [5.74, 6) is 0.423. The molecule has 188 valence electrons. The van der Waals surface area contributed by atoms with E-state index >= 15 is 0 Å². The minimum Gasteiger partial charge on any atom is -0.493 e. The number of carbonyl (C=O) groups excluding carboxylic acids is 2. The van der Waals surface area contributed by atoms with Crippen LogP contribution in [0.5, 0.6) is 17.2 Å². The maximum absolute atomic E-state index is 13.2. The van der Waals surface area contributed by atoms with E-state index in [1.165, 1.54) is 14.2 Å². The van der Waals surface area contributed by atoms with E-state index in [-0.39, 0.29) is 12.0 Å². The lowest BCUT2D eigenvalue weighted by Crippen LogP contribution is -2.32. The average molecular weight is 491 g/mol. The number of ether oxygens (including phenoxy) is 4. The number of rotatable bonds is 10. The van der Waals surface area contributed by atoms with Crippen molar-refractivity contribution in [1.29, 1.82) is 0 Å². The Morgan fingerprint density at radius 3 is 2.31 bits per heavy atom. The van der Waals surface area contributed by atoms with Gasteiger partial charge in [0.1, 0.15) is 6.61 Å². The first-order valence-electron chi connectivity index (χ1n) is 11.8. The molecule has 2 amide bonds. The number of hydrogen-bond donors (Lipinski definition) is 2. The average Bonchev–Trinajstić information content (AvgIpc) is 3.44. The molecule has 1 heterocycles. The van der Waals surface area contributed by atoms with Crippen LogP contribution in [0.2, 0.25) is 0 Å². The van der Waals surface area contributed by atoms with Crippen molar-refractivity contribution in [3.05, 3.63) is 83.4 Å². The number of methoxy groups -OCH3 is 2. The lowest BCUT2D eigenvalue weighted by atomic mass is 10.1. The highest BCUT2D eigenvalue weighted by molar-refractivity contribution is 6.09. The van der Waals surface area contributed by atoms with E-state index in [1.807, 2.05) is 30.3 Å². The molecule has 1 saturated heterocycles. The molecule has 0 bridgehead atoms. The molecule has 1 aliphatic heterocycles. The fourth-order valence-electron chi connectivity index (χ4n) is 3.97. The predicted molar refractivity (Wildman–Crippen MR) is 136 cm³/mol. The van der Waals surface area contributed by atoms with Gasteiger partial charge in [-0.1, -0.05) is 42.5 Å². The highest BCUT2D eigenvalue weighted by Crippen LogP contribution is 2.39. The minimum atomic E-state index is -0.416. The molecule has 3 aromatic rings. The molecular weight excluding hydrogens is 460 g/mol. The van der Waals surface area contributed by atoms with Crippen molar-refractivity contribution >= 4 is 17.5 Å². The van der Waals surface area contributed by atoms with Gasteiger partial charge in [0, 0.05) is 18.7 Å². The first-order valence-corrected chi connectivity index (χ1v) is 11.8. The normalized spacial score (nSPS) is 14.7. The second kappa shape index (κ2) is 12.1. The molecule has 36 heavy (non-hydrogen) atoms. The summed E-state index contributed by atoms with van der Waals surface area (Å²) in [5, 5.41) is 5.73. The molecule has 0 saturated carbocycles. The van der Waals surface area contributed by atoms with Gasteiger partial charge in [-0.15, -0.1) is 0 Å². The second-order valence-corrected chi connectivity index (χ2v) is 8.33. The van der Waals surface area contributed by atoms with Crippen molar-refractivity contribution < 1.29 is 28.5 Å². The Balaban J connectivity index is 1.50. The van der Waals surface area contributed by atoms with Crippen LogP contribution in [-0.2, 0) is 11.3 Å². The first-order chi connectivity index (χ1) is 17.6. The van der Waals surface area contributed by atoms with Gasteiger partial charge >= 0.3 is 0 Å². The molecule has 8 nitrogen and oxygen atoms in total. The van der Waals surface area contributed by atoms with Gasteiger partial charge in [-0.05, 0) is 42.7 Å². The Bertz CT molecular complexity index is 1170. The first kappa shape index (κ1) is 25.1. The Labute approximate surface area is 210 Å². The standard InChI is InChI=1S/C28H30N2O6/c1-33-24-15-20(16-25(34-2)26(24)36-18-19-9-4-3-5-10-19)27(31)30-23-13-7-6-12-22(23)28(32)29-17-21-11-8-14-35-21/h3-7,9-10,12-13,15-16,21H,8,11,14,17-18H2,1-2H3,(H,29,32)(H,30,31). The number of amides is 2. The zero-order valence-electron chi connectivity index (χ0n) is 20.4. The van der Waals surface area contributed by atoms with E-state index in [4.69, 9.17) is 18.9 Å². The smallest absolute Gasteiger partial charge is 0.255 e. The Hall–Kier alpha value is -4.04. The fourth-order valence-corrected chi connectivity index (χ4v) is 3.97. The van der Waals surface area contributed by atoms with Crippen LogP contribution in [-0.4, -0.2) is 45.3 Å². The molecular formula is C28H30N2O6. The number of para-hydroxylation sites is 1. The highest BCUT2D eigenvalue weighted by atomic mass is 16.5. The summed E-state index contributed by atoms with van der Waals surface area (Å²) < 4.78 is 22.5. The summed E-state index contributed by atoms with van der Waals surface area (Å²) >= 11 is 0. The minimum absolute atomic E-state index is 0.0262. The molecule has 4 rings (SSSR count).